The Morgan fingerprint density at radius 3 is 2.74 bits per heavy atom. The van der Waals surface area contributed by atoms with E-state index in [1.165, 1.54) is 17.7 Å². The molecule has 3 N–H and O–H groups in total. The predicted molar refractivity (Wildman–Crippen MR) is 117 cm³/mol. The molecular formula is C21H24N4O5S. The Morgan fingerprint density at radius 2 is 2.03 bits per heavy atom. The topological polar surface area (TPSA) is 128 Å². The maximum Gasteiger partial charge on any atom is 0.283 e. The first kappa shape index (κ1) is 22.7. The quantitative estimate of drug-likeness (QED) is 0.343. The van der Waals surface area contributed by atoms with Gasteiger partial charge in [-0.3, -0.25) is 24.6 Å². The Balaban J connectivity index is 1.47. The molecule has 2 amide bonds. The van der Waals surface area contributed by atoms with Crippen LogP contribution in [0.5, 0.6) is 0 Å². The summed E-state index contributed by atoms with van der Waals surface area (Å²) in [6.07, 6.45) is -0.115. The average Bonchev–Trinajstić information content (AvgIpc) is 2.77. The minimum absolute atomic E-state index is 0.0111. The van der Waals surface area contributed by atoms with Crippen LogP contribution in [0.2, 0.25) is 0 Å². The van der Waals surface area contributed by atoms with E-state index >= 15 is 0 Å². The highest BCUT2D eigenvalue weighted by molar-refractivity contribution is 8.00. The van der Waals surface area contributed by atoms with Crippen LogP contribution in [-0.2, 0) is 16.1 Å². The summed E-state index contributed by atoms with van der Waals surface area (Å²) in [7, 11) is 0. The maximum atomic E-state index is 12.2. The number of carbonyl (C=O) groups excluding carboxylic acids is 2. The number of hydrogen-bond donors (Lipinski definition) is 2. The van der Waals surface area contributed by atoms with E-state index in [-0.39, 0.29) is 29.0 Å². The SMILES string of the molecule is NC(=O)c1ccc(SCC(=O)NCC2CN(Cc3ccccc3)CCO2)c([N+](=O)[O-])c1. The monoisotopic (exact) mass is 444 g/mol. The van der Waals surface area contributed by atoms with Gasteiger partial charge in [0.15, 0.2) is 0 Å². The van der Waals surface area contributed by atoms with Gasteiger partial charge >= 0.3 is 0 Å². The zero-order valence-electron chi connectivity index (χ0n) is 16.9. The first-order valence-electron chi connectivity index (χ1n) is 9.78. The fraction of sp³-hybridized carbons (Fsp3) is 0.333. The Labute approximate surface area is 184 Å². The largest absolute Gasteiger partial charge is 0.374 e. The molecule has 1 saturated heterocycles. The minimum atomic E-state index is -0.744. The summed E-state index contributed by atoms with van der Waals surface area (Å²) in [5.41, 5.74) is 6.20. The number of primary amides is 1. The van der Waals surface area contributed by atoms with Gasteiger partial charge in [0.25, 0.3) is 5.69 Å². The molecule has 2 aromatic rings. The van der Waals surface area contributed by atoms with E-state index in [2.05, 4.69) is 22.3 Å². The molecule has 0 spiro atoms. The number of rotatable bonds is 9. The number of nitro groups is 1. The third-order valence-corrected chi connectivity index (χ3v) is 5.86. The highest BCUT2D eigenvalue weighted by atomic mass is 32.2. The van der Waals surface area contributed by atoms with Crippen molar-refractivity contribution in [1.29, 1.82) is 0 Å². The minimum Gasteiger partial charge on any atom is -0.374 e. The maximum absolute atomic E-state index is 12.2. The normalized spacial score (nSPS) is 16.6. The van der Waals surface area contributed by atoms with Crippen molar-refractivity contribution in [3.05, 3.63) is 69.8 Å². The number of carbonyl (C=O) groups is 2. The summed E-state index contributed by atoms with van der Waals surface area (Å²) in [6, 6.07) is 14.1. The number of morpholine rings is 1. The van der Waals surface area contributed by atoms with E-state index in [0.717, 1.165) is 30.9 Å². The second-order valence-electron chi connectivity index (χ2n) is 7.11. The molecule has 2 aromatic carbocycles. The molecule has 9 nitrogen and oxygen atoms in total. The van der Waals surface area contributed by atoms with Gasteiger partial charge in [-0.05, 0) is 17.7 Å². The van der Waals surface area contributed by atoms with E-state index < -0.39 is 10.8 Å². The highest BCUT2D eigenvalue weighted by Gasteiger charge is 2.22. The summed E-state index contributed by atoms with van der Waals surface area (Å²) >= 11 is 1.04. The molecule has 10 heteroatoms. The van der Waals surface area contributed by atoms with Crippen molar-refractivity contribution in [2.75, 3.05) is 32.0 Å². The van der Waals surface area contributed by atoms with Crippen molar-refractivity contribution in [1.82, 2.24) is 10.2 Å². The number of benzene rings is 2. The Kier molecular flexibility index (Phi) is 7.99. The van der Waals surface area contributed by atoms with Crippen molar-refractivity contribution in [3.63, 3.8) is 0 Å². The molecule has 0 bridgehead atoms. The number of amides is 2. The second-order valence-corrected chi connectivity index (χ2v) is 8.13. The van der Waals surface area contributed by atoms with Gasteiger partial charge in [0, 0.05) is 37.8 Å². The van der Waals surface area contributed by atoms with Crippen LogP contribution in [0.15, 0.2) is 53.4 Å². The summed E-state index contributed by atoms with van der Waals surface area (Å²) < 4.78 is 5.75. The van der Waals surface area contributed by atoms with E-state index in [1.54, 1.807) is 0 Å². The molecule has 0 radical (unpaired) electrons. The molecule has 1 unspecified atom stereocenters. The van der Waals surface area contributed by atoms with Crippen LogP contribution >= 0.6 is 11.8 Å². The number of nitrogens with zero attached hydrogens (tertiary/aromatic N) is 2. The molecule has 164 valence electrons. The molecule has 1 aliphatic rings. The smallest absolute Gasteiger partial charge is 0.283 e. The van der Waals surface area contributed by atoms with Crippen molar-refractivity contribution < 1.29 is 19.2 Å². The number of nitro benzene ring substituents is 1. The first-order valence-corrected chi connectivity index (χ1v) is 10.8. The predicted octanol–water partition coefficient (Wildman–Crippen LogP) is 1.80. The third-order valence-electron chi connectivity index (χ3n) is 4.80. The molecule has 31 heavy (non-hydrogen) atoms. The zero-order valence-corrected chi connectivity index (χ0v) is 17.7. The Bertz CT molecular complexity index is 941. The van der Waals surface area contributed by atoms with Crippen molar-refractivity contribution in [2.24, 2.45) is 5.73 Å². The van der Waals surface area contributed by atoms with Gasteiger partial charge in [-0.15, -0.1) is 11.8 Å². The van der Waals surface area contributed by atoms with Gasteiger partial charge in [0.1, 0.15) is 0 Å². The molecule has 0 saturated carbocycles. The lowest BCUT2D eigenvalue weighted by Gasteiger charge is -2.33. The zero-order chi connectivity index (χ0) is 22.2. The van der Waals surface area contributed by atoms with E-state index in [4.69, 9.17) is 10.5 Å². The molecular weight excluding hydrogens is 420 g/mol. The first-order chi connectivity index (χ1) is 14.9. The van der Waals surface area contributed by atoms with Gasteiger partial charge in [0.2, 0.25) is 11.8 Å². The lowest BCUT2D eigenvalue weighted by Crippen LogP contribution is -2.47. The summed E-state index contributed by atoms with van der Waals surface area (Å²) in [5.74, 6) is -0.981. The van der Waals surface area contributed by atoms with Crippen molar-refractivity contribution in [3.8, 4) is 0 Å². The second kappa shape index (κ2) is 10.9. The molecule has 1 fully saturated rings. The lowest BCUT2D eigenvalue weighted by atomic mass is 10.2. The fourth-order valence-electron chi connectivity index (χ4n) is 3.25. The van der Waals surface area contributed by atoms with E-state index in [9.17, 15) is 19.7 Å². The van der Waals surface area contributed by atoms with Gasteiger partial charge in [-0.1, -0.05) is 30.3 Å². The number of hydrogen-bond acceptors (Lipinski definition) is 7. The summed E-state index contributed by atoms with van der Waals surface area (Å²) in [4.78, 5) is 36.7. The van der Waals surface area contributed by atoms with Crippen LogP contribution in [0.1, 0.15) is 15.9 Å². The Morgan fingerprint density at radius 1 is 1.26 bits per heavy atom. The van der Waals surface area contributed by atoms with Gasteiger partial charge in [-0.2, -0.15) is 0 Å². The number of thioether (sulfide) groups is 1. The van der Waals surface area contributed by atoms with Crippen LogP contribution in [0, 0.1) is 10.1 Å². The number of nitrogens with two attached hydrogens (primary N) is 1. The average molecular weight is 445 g/mol. The van der Waals surface area contributed by atoms with Gasteiger partial charge in [-0.25, -0.2) is 0 Å². The summed E-state index contributed by atoms with van der Waals surface area (Å²) in [5, 5.41) is 14.1. The van der Waals surface area contributed by atoms with Crippen LogP contribution in [-0.4, -0.2) is 59.7 Å². The molecule has 1 heterocycles. The van der Waals surface area contributed by atoms with Crippen LogP contribution < -0.4 is 11.1 Å². The van der Waals surface area contributed by atoms with Crippen LogP contribution in [0.25, 0.3) is 0 Å². The molecule has 1 aliphatic heterocycles. The highest BCUT2D eigenvalue weighted by Crippen LogP contribution is 2.30. The molecule has 0 aromatic heterocycles. The van der Waals surface area contributed by atoms with Crippen molar-refractivity contribution >= 4 is 29.3 Å². The fourth-order valence-corrected chi connectivity index (χ4v) is 4.08. The number of nitrogens with one attached hydrogen (secondary N) is 1. The molecule has 1 atom stereocenters. The van der Waals surface area contributed by atoms with E-state index in [1.807, 2.05) is 18.2 Å². The van der Waals surface area contributed by atoms with Crippen LogP contribution in [0.3, 0.4) is 0 Å². The molecule has 3 rings (SSSR count). The van der Waals surface area contributed by atoms with Crippen LogP contribution in [0.4, 0.5) is 5.69 Å². The summed E-state index contributed by atoms with van der Waals surface area (Å²) in [6.45, 7) is 3.34. The van der Waals surface area contributed by atoms with Gasteiger partial charge in [0.05, 0.1) is 28.3 Å². The van der Waals surface area contributed by atoms with Gasteiger partial charge < -0.3 is 15.8 Å². The van der Waals surface area contributed by atoms with E-state index in [0.29, 0.717) is 24.6 Å². The van der Waals surface area contributed by atoms with Crippen molar-refractivity contribution in [2.45, 2.75) is 17.5 Å². The lowest BCUT2D eigenvalue weighted by molar-refractivity contribution is -0.387. The standard InChI is InChI=1S/C21H24N4O5S/c22-21(27)16-6-7-19(18(10-16)25(28)29)31-14-20(26)23-11-17-13-24(8-9-30-17)12-15-4-2-1-3-5-15/h1-7,10,17H,8-9,11-14H2,(H2,22,27)(H,23,26). The Hall–Kier alpha value is -2.95. The third kappa shape index (κ3) is 6.78. The number of ether oxygens (including phenoxy) is 1. The molecule has 0 aliphatic carbocycles.